The fourth-order valence-electron chi connectivity index (χ4n) is 14.1. The molecule has 48 nitrogen and oxygen atoms in total. The maximum Gasteiger partial charge on any atom is 0.327 e. The molecule has 0 saturated heterocycles. The molecule has 0 spiro atoms. The van der Waals surface area contributed by atoms with Gasteiger partial charge in [0.15, 0.2) is 0 Å². The average molecular weight is 2030 g/mol. The van der Waals surface area contributed by atoms with Crippen molar-refractivity contribution in [3.63, 3.8) is 0 Å². The molecule has 1 aliphatic carbocycles. The fourth-order valence-corrected chi connectivity index (χ4v) is 17.2. The normalized spacial score (nSPS) is 15.8. The minimum absolute atomic E-state index is 0.0240. The highest BCUT2D eigenvalue weighted by Crippen LogP contribution is 2.46. The Kier molecular flexibility index (Phi) is 49.9. The summed E-state index contributed by atoms with van der Waals surface area (Å²) < 4.78 is 5.35. The molecule has 5 aromatic rings. The number of ether oxygens (including phenoxy) is 1. The summed E-state index contributed by atoms with van der Waals surface area (Å²) in [5, 5.41) is 204. The third-order valence-electron chi connectivity index (χ3n) is 22.1. The Morgan fingerprint density at radius 1 is 0.486 bits per heavy atom. The lowest BCUT2D eigenvalue weighted by Gasteiger charge is -2.28. The van der Waals surface area contributed by atoms with Crippen molar-refractivity contribution in [1.82, 2.24) is 63.1 Å². The number of aliphatic carboxylic acids is 3. The van der Waals surface area contributed by atoms with E-state index < -0.39 is 313 Å². The molecule has 770 valence electrons. The molecule has 6 rings (SSSR count). The topological polar surface area (TPSA) is 808 Å². The van der Waals surface area contributed by atoms with Crippen molar-refractivity contribution in [2.75, 3.05) is 86.3 Å². The van der Waals surface area contributed by atoms with E-state index in [1.807, 2.05) is 53.4 Å². The number of aromatic nitrogens is 2. The Hall–Kier alpha value is -11.8. The first-order chi connectivity index (χ1) is 66.5. The van der Waals surface area contributed by atoms with E-state index >= 15 is 0 Å². The number of esters is 1. The standard InChI is InChI=1S/C89H122N14O34S3/c1-3-31-103(39-46-13-18-55-53(35-46)82(129)102-89(90)101-55)48-16-14-47(15-17-48)81(128)94-45(2)12-29-74(121)137-32-34-139-140-44-61(88(135)136)100-87(134)58(21-26-70(115)93-38-64(109)77(124)80(127)67(112)42-106)97-86(133)60(23-28-73(119)120)99-84(131)57(20-25-69(114)92-37-63(108)76(123)79(126)66(111)41-105)96-85(132)59(22-27-72(117)118)98-83(130)56(19-24-68(113)91-36-62(107)75(122)78(125)65(110)40-104)95-71(116)30-33-138-43-54-51-10-6-4-8-49(51)50-9-5-7-11-52(50)54/h1,4-11,13-18,35,45,54,56-67,75-80,104-112,122-127H,12,19-34,36-44H2,2H3,(H,91,113)(H,92,114)(H,93,115)(H,94,128)(H,95,116)(H,96,132)(H,97,133)(H,98,130)(H,99,131)(H,100,134)(H,117,118)(H,119,120)(H,135,136)(H3,90,101,102,129)/t45-,56?,57?,58?,59+,60+,61?,62+,63+,64+,65?,66?,67?,75-,76-,77-,78-,79-,80-/m1/s1. The molecule has 0 bridgehead atoms. The van der Waals surface area contributed by atoms with Crippen molar-refractivity contribution in [1.29, 1.82) is 0 Å². The predicted molar refractivity (Wildman–Crippen MR) is 504 cm³/mol. The maximum atomic E-state index is 14.9. The van der Waals surface area contributed by atoms with Gasteiger partial charge < -0.3 is 160 Å². The Labute approximate surface area is 813 Å². The van der Waals surface area contributed by atoms with Crippen LogP contribution in [0.15, 0.2) is 95.8 Å². The van der Waals surface area contributed by atoms with E-state index in [0.29, 0.717) is 28.9 Å². The highest BCUT2D eigenvalue weighted by molar-refractivity contribution is 8.76. The quantitative estimate of drug-likeness (QED) is 0.00744. The number of nitrogens with two attached hydrogens (primary N) is 1. The lowest BCUT2D eigenvalue weighted by Crippen LogP contribution is -2.60. The first-order valence-electron chi connectivity index (χ1n) is 44.3. The van der Waals surface area contributed by atoms with Crippen LogP contribution in [0, 0.1) is 12.3 Å². The van der Waals surface area contributed by atoms with E-state index in [2.05, 4.69) is 69.1 Å². The van der Waals surface area contributed by atoms with Gasteiger partial charge in [-0.2, -0.15) is 11.8 Å². The number of carboxylic acids is 3. The summed E-state index contributed by atoms with van der Waals surface area (Å²) >= 11 is 1.37. The number of nitrogen functional groups attached to an aromatic ring is 1. The van der Waals surface area contributed by atoms with Gasteiger partial charge in [-0.1, -0.05) is 82.1 Å². The fraction of sp³-hybridized carbons (Fsp3) is 0.528. The number of nitrogens with zero attached hydrogens (tertiary/aromatic N) is 2. The van der Waals surface area contributed by atoms with Gasteiger partial charge in [-0.3, -0.25) is 72.1 Å². The number of benzene rings is 4. The molecule has 10 amide bonds. The third kappa shape index (κ3) is 38.3. The van der Waals surface area contributed by atoms with Crippen LogP contribution in [0.5, 0.6) is 0 Å². The van der Waals surface area contributed by atoms with Crippen LogP contribution in [0.25, 0.3) is 22.0 Å². The second-order valence-electron chi connectivity index (χ2n) is 32.8. The van der Waals surface area contributed by atoms with Gasteiger partial charge in [-0.25, -0.2) is 9.78 Å². The first kappa shape index (κ1) is 117. The number of aliphatic hydroxyl groups excluding tert-OH is 15. The predicted octanol–water partition coefficient (Wildman–Crippen LogP) is -7.38. The molecule has 51 heteroatoms. The monoisotopic (exact) mass is 2030 g/mol. The smallest absolute Gasteiger partial charge is 0.327 e. The summed E-state index contributed by atoms with van der Waals surface area (Å²) in [5.41, 5.74) is 11.5. The Balaban J connectivity index is 1.19. The Morgan fingerprint density at radius 2 is 0.900 bits per heavy atom. The second-order valence-corrected chi connectivity index (χ2v) is 36.5. The summed E-state index contributed by atoms with van der Waals surface area (Å²) in [6.45, 7) is -3.94. The highest BCUT2D eigenvalue weighted by Gasteiger charge is 2.39. The number of carbonyl (C=O) groups is 14. The molecule has 7 unspecified atom stereocenters. The van der Waals surface area contributed by atoms with Crippen LogP contribution in [0.1, 0.15) is 123 Å². The van der Waals surface area contributed by atoms with Crippen molar-refractivity contribution in [2.45, 2.75) is 218 Å². The van der Waals surface area contributed by atoms with Crippen molar-refractivity contribution in [3.05, 3.63) is 124 Å². The molecular weight excluding hydrogens is 1910 g/mol. The number of aromatic amines is 1. The number of nitrogens with one attached hydrogen (secondary N) is 11. The Bertz CT molecular complexity index is 5040. The van der Waals surface area contributed by atoms with Crippen LogP contribution in [-0.4, -0.2) is 376 Å². The second kappa shape index (κ2) is 59.7. The van der Waals surface area contributed by atoms with Crippen LogP contribution in [-0.2, 0) is 73.6 Å². The molecule has 1 heterocycles. The van der Waals surface area contributed by atoms with Crippen molar-refractivity contribution in [3.8, 4) is 23.5 Å². The lowest BCUT2D eigenvalue weighted by molar-refractivity contribution is -0.143. The molecule has 1 aromatic heterocycles. The van der Waals surface area contributed by atoms with Crippen molar-refractivity contribution < 1.29 is 164 Å². The number of thioether (sulfide) groups is 1. The molecule has 19 atom stereocenters. The summed E-state index contributed by atoms with van der Waals surface area (Å²) in [7, 11) is 1.81. The molecular formula is C89H122N14O34S3. The number of carboxylic acid groups (broad SMARTS) is 3. The maximum absolute atomic E-state index is 14.9. The van der Waals surface area contributed by atoms with E-state index in [4.69, 9.17) is 16.9 Å². The van der Waals surface area contributed by atoms with Gasteiger partial charge in [0.25, 0.3) is 11.5 Å². The van der Waals surface area contributed by atoms with Gasteiger partial charge in [0.1, 0.15) is 97.8 Å². The van der Waals surface area contributed by atoms with Gasteiger partial charge in [0, 0.05) is 117 Å². The molecule has 0 radical (unpaired) electrons. The minimum atomic E-state index is -2.23. The van der Waals surface area contributed by atoms with Crippen LogP contribution in [0.4, 0.5) is 11.6 Å². The summed E-state index contributed by atoms with van der Waals surface area (Å²) in [5.74, 6) is -14.6. The van der Waals surface area contributed by atoms with Crippen LogP contribution in [0.3, 0.4) is 0 Å². The Morgan fingerprint density at radius 3 is 1.32 bits per heavy atom. The van der Waals surface area contributed by atoms with Gasteiger partial charge in [-0.05, 0) is 110 Å². The van der Waals surface area contributed by atoms with Gasteiger partial charge >= 0.3 is 23.9 Å². The zero-order valence-electron chi connectivity index (χ0n) is 75.9. The molecule has 0 fully saturated rings. The lowest BCUT2D eigenvalue weighted by atomic mass is 9.99. The molecule has 0 saturated carbocycles. The first-order valence-corrected chi connectivity index (χ1v) is 47.9. The largest absolute Gasteiger partial charge is 0.481 e. The van der Waals surface area contributed by atoms with Crippen molar-refractivity contribution >= 4 is 139 Å². The SMILES string of the molecule is C#CCN(Cc1ccc2nc(N)[nH]c(=O)c2c1)c1ccc(C(=O)N[C@H](C)CCC(=O)OCCSSCC(NC(=O)C(CCC(=O)NC[C@H](O)[C@@H](O)[C@H](O)C(O)CO)NC(=O)[C@H](CCC(=O)O)NC(=O)C(CCC(=O)NC[C@H](O)[C@@H](O)[C@H](O)C(O)CO)NC(=O)[C@H](CCC(=O)O)NC(=O)C(CCC(=O)NC[C@H](O)[C@@H](O)[C@H](O)C(O)CO)NC(=O)CCSCC2c3ccccc3-c3ccccc32)C(=O)O)cc1. The number of rotatable bonds is 65. The van der Waals surface area contributed by atoms with E-state index in [-0.39, 0.29) is 61.3 Å². The third-order valence-corrected chi connectivity index (χ3v) is 25.6. The summed E-state index contributed by atoms with van der Waals surface area (Å²) in [6, 6.07) is 14.3. The highest BCUT2D eigenvalue weighted by atomic mass is 33.1. The molecule has 140 heavy (non-hydrogen) atoms. The van der Waals surface area contributed by atoms with Crippen LogP contribution < -0.4 is 69.4 Å². The number of anilines is 2. The zero-order chi connectivity index (χ0) is 104. The number of carbonyl (C=O) groups excluding carboxylic acids is 11. The minimum Gasteiger partial charge on any atom is -0.481 e. The number of aliphatic hydroxyl groups is 15. The van der Waals surface area contributed by atoms with Gasteiger partial charge in [0.2, 0.25) is 59.1 Å². The molecule has 1 aliphatic rings. The van der Waals surface area contributed by atoms with Crippen molar-refractivity contribution in [2.24, 2.45) is 0 Å². The number of terminal acetylenes is 1. The van der Waals surface area contributed by atoms with Crippen LogP contribution in [0.2, 0.25) is 0 Å². The average Bonchev–Trinajstić information content (AvgIpc) is 1.61. The van der Waals surface area contributed by atoms with E-state index in [1.165, 1.54) is 11.8 Å². The van der Waals surface area contributed by atoms with Gasteiger partial charge in [0.05, 0.1) is 55.6 Å². The number of fused-ring (bicyclic) bond motifs is 4. The number of hydrogen-bond acceptors (Lipinski definition) is 37. The van der Waals surface area contributed by atoms with E-state index in [1.54, 1.807) is 49.4 Å². The van der Waals surface area contributed by atoms with Gasteiger partial charge in [-0.15, -0.1) is 6.42 Å². The summed E-state index contributed by atoms with van der Waals surface area (Å²) in [6.07, 6.45) is -28.4. The van der Waals surface area contributed by atoms with Crippen LogP contribution >= 0.6 is 33.3 Å². The molecule has 0 aliphatic heterocycles. The number of hydrogen-bond donors (Lipinski definition) is 30. The molecule has 4 aromatic carbocycles. The number of H-pyrrole nitrogens is 1. The number of amides is 10. The van der Waals surface area contributed by atoms with E-state index in [0.717, 1.165) is 49.4 Å². The molecule has 31 N–H and O–H groups in total. The van der Waals surface area contributed by atoms with E-state index in [9.17, 15) is 164 Å². The summed E-state index contributed by atoms with van der Waals surface area (Å²) in [4.78, 5) is 213. The zero-order valence-corrected chi connectivity index (χ0v) is 78.4.